The van der Waals surface area contributed by atoms with Gasteiger partial charge in [0.2, 0.25) is 0 Å². The van der Waals surface area contributed by atoms with E-state index in [1.165, 1.54) is 0 Å². The number of carbonyl (C=O) groups is 1. The molecule has 0 aromatic heterocycles. The second-order valence-electron chi connectivity index (χ2n) is 2.41. The van der Waals surface area contributed by atoms with Crippen LogP contribution in [0.25, 0.3) is 0 Å². The quantitative estimate of drug-likeness (QED) is 0.675. The van der Waals surface area contributed by atoms with E-state index in [-0.39, 0.29) is 18.8 Å². The van der Waals surface area contributed by atoms with E-state index in [9.17, 15) is 4.79 Å². The summed E-state index contributed by atoms with van der Waals surface area (Å²) in [6, 6.07) is 7.35. The van der Waals surface area contributed by atoms with Gasteiger partial charge < -0.3 is 5.11 Å². The van der Waals surface area contributed by atoms with E-state index in [0.29, 0.717) is 5.56 Å². The molecular formula is C9H9IO2. The van der Waals surface area contributed by atoms with Crippen LogP contribution in [0, 0.1) is 3.57 Å². The number of ketones is 1. The number of Topliss-reactive ketones (excluding diaryl/α,β-unsaturated/α-hetero) is 1. The highest BCUT2D eigenvalue weighted by atomic mass is 127. The largest absolute Gasteiger partial charge is 0.396 e. The predicted octanol–water partition coefficient (Wildman–Crippen LogP) is 1.86. The topological polar surface area (TPSA) is 37.3 Å². The van der Waals surface area contributed by atoms with Crippen LogP contribution in [0.15, 0.2) is 24.3 Å². The molecule has 0 saturated heterocycles. The van der Waals surface area contributed by atoms with Crippen LogP contribution < -0.4 is 0 Å². The lowest BCUT2D eigenvalue weighted by molar-refractivity contribution is 0.0956. The van der Waals surface area contributed by atoms with E-state index >= 15 is 0 Å². The van der Waals surface area contributed by atoms with Crippen molar-refractivity contribution in [3.8, 4) is 0 Å². The molecular weight excluding hydrogens is 267 g/mol. The number of hydrogen-bond donors (Lipinski definition) is 1. The summed E-state index contributed by atoms with van der Waals surface area (Å²) < 4.78 is 1.04. The minimum absolute atomic E-state index is 0.00369. The monoisotopic (exact) mass is 276 g/mol. The van der Waals surface area contributed by atoms with Crippen molar-refractivity contribution in [3.05, 3.63) is 33.4 Å². The zero-order chi connectivity index (χ0) is 8.97. The molecule has 0 heterocycles. The van der Waals surface area contributed by atoms with Gasteiger partial charge in [-0.1, -0.05) is 12.1 Å². The number of halogens is 1. The van der Waals surface area contributed by atoms with Gasteiger partial charge in [-0.15, -0.1) is 0 Å². The second-order valence-corrected chi connectivity index (χ2v) is 3.65. The first-order valence-corrected chi connectivity index (χ1v) is 4.71. The first-order valence-electron chi connectivity index (χ1n) is 3.63. The number of hydrogen-bond acceptors (Lipinski definition) is 2. The highest BCUT2D eigenvalue weighted by molar-refractivity contribution is 14.1. The number of aliphatic hydroxyl groups excluding tert-OH is 1. The first kappa shape index (κ1) is 9.67. The summed E-state index contributed by atoms with van der Waals surface area (Å²) in [5, 5.41) is 8.54. The molecule has 1 N–H and O–H groups in total. The molecule has 0 fully saturated rings. The van der Waals surface area contributed by atoms with E-state index in [4.69, 9.17) is 5.11 Å². The van der Waals surface area contributed by atoms with Gasteiger partial charge in [-0.3, -0.25) is 4.79 Å². The highest BCUT2D eigenvalue weighted by Crippen LogP contribution is 2.09. The normalized spacial score (nSPS) is 9.83. The van der Waals surface area contributed by atoms with Gasteiger partial charge in [0.25, 0.3) is 0 Å². The van der Waals surface area contributed by atoms with Gasteiger partial charge in [0, 0.05) is 15.6 Å². The highest BCUT2D eigenvalue weighted by Gasteiger charge is 2.03. The Hall–Kier alpha value is -0.420. The second kappa shape index (κ2) is 4.57. The Labute approximate surface area is 84.7 Å². The predicted molar refractivity (Wildman–Crippen MR) is 55.2 cm³/mol. The van der Waals surface area contributed by atoms with E-state index in [2.05, 4.69) is 22.6 Å². The van der Waals surface area contributed by atoms with Crippen molar-refractivity contribution in [1.82, 2.24) is 0 Å². The molecule has 1 aromatic rings. The Balaban J connectivity index is 2.81. The summed E-state index contributed by atoms with van der Waals surface area (Å²) in [4.78, 5) is 11.2. The molecule has 0 aliphatic rings. The van der Waals surface area contributed by atoms with Crippen LogP contribution in [0.5, 0.6) is 0 Å². The molecule has 0 atom stereocenters. The van der Waals surface area contributed by atoms with Crippen molar-refractivity contribution >= 4 is 28.4 Å². The zero-order valence-corrected chi connectivity index (χ0v) is 8.61. The van der Waals surface area contributed by atoms with Crippen molar-refractivity contribution in [2.45, 2.75) is 6.42 Å². The molecule has 0 radical (unpaired) electrons. The van der Waals surface area contributed by atoms with E-state index in [0.717, 1.165) is 3.57 Å². The van der Waals surface area contributed by atoms with Gasteiger partial charge in [0.15, 0.2) is 5.78 Å². The molecule has 0 aliphatic carbocycles. The third-order valence-electron chi connectivity index (χ3n) is 1.49. The average molecular weight is 276 g/mol. The summed E-state index contributed by atoms with van der Waals surface area (Å²) in [6.45, 7) is -0.0791. The summed E-state index contributed by atoms with van der Waals surface area (Å²) in [6.07, 6.45) is 0.208. The van der Waals surface area contributed by atoms with Gasteiger partial charge in [-0.2, -0.15) is 0 Å². The SMILES string of the molecule is O=C(CCO)c1cccc(I)c1. The van der Waals surface area contributed by atoms with Crippen molar-refractivity contribution < 1.29 is 9.90 Å². The van der Waals surface area contributed by atoms with Crippen LogP contribution >= 0.6 is 22.6 Å². The summed E-state index contributed by atoms with van der Waals surface area (Å²) in [5.74, 6) is -0.00369. The maximum Gasteiger partial charge on any atom is 0.165 e. The molecule has 64 valence electrons. The first-order chi connectivity index (χ1) is 5.74. The van der Waals surface area contributed by atoms with Gasteiger partial charge >= 0.3 is 0 Å². The smallest absolute Gasteiger partial charge is 0.165 e. The molecule has 12 heavy (non-hydrogen) atoms. The minimum Gasteiger partial charge on any atom is -0.396 e. The Bertz CT molecular complexity index is 284. The molecule has 0 saturated carbocycles. The average Bonchev–Trinajstić information content (AvgIpc) is 2.05. The molecule has 1 aromatic carbocycles. The molecule has 1 rings (SSSR count). The van der Waals surface area contributed by atoms with Gasteiger partial charge in [-0.25, -0.2) is 0 Å². The van der Waals surface area contributed by atoms with Crippen LogP contribution in [0.4, 0.5) is 0 Å². The number of benzene rings is 1. The van der Waals surface area contributed by atoms with Crippen LogP contribution in [-0.2, 0) is 0 Å². The maximum absolute atomic E-state index is 11.2. The Morgan fingerprint density at radius 2 is 2.25 bits per heavy atom. The van der Waals surface area contributed by atoms with Gasteiger partial charge in [-0.05, 0) is 34.7 Å². The van der Waals surface area contributed by atoms with E-state index in [1.54, 1.807) is 6.07 Å². The third-order valence-corrected chi connectivity index (χ3v) is 2.16. The Morgan fingerprint density at radius 1 is 1.50 bits per heavy atom. The summed E-state index contributed by atoms with van der Waals surface area (Å²) >= 11 is 2.15. The van der Waals surface area contributed by atoms with E-state index in [1.807, 2.05) is 18.2 Å². The van der Waals surface area contributed by atoms with E-state index < -0.39 is 0 Å². The van der Waals surface area contributed by atoms with Crippen molar-refractivity contribution in [1.29, 1.82) is 0 Å². The van der Waals surface area contributed by atoms with Crippen molar-refractivity contribution in [2.24, 2.45) is 0 Å². The Morgan fingerprint density at radius 3 is 2.83 bits per heavy atom. The third kappa shape index (κ3) is 2.57. The molecule has 3 heteroatoms. The molecule has 0 unspecified atom stereocenters. The van der Waals surface area contributed by atoms with Crippen LogP contribution in [-0.4, -0.2) is 17.5 Å². The lowest BCUT2D eigenvalue weighted by Crippen LogP contribution is -2.01. The maximum atomic E-state index is 11.2. The fourth-order valence-corrected chi connectivity index (χ4v) is 1.45. The molecule has 0 amide bonds. The van der Waals surface area contributed by atoms with Crippen LogP contribution in [0.3, 0.4) is 0 Å². The number of carbonyl (C=O) groups excluding carboxylic acids is 1. The molecule has 0 aliphatic heterocycles. The van der Waals surface area contributed by atoms with Gasteiger partial charge in [0.1, 0.15) is 0 Å². The summed E-state index contributed by atoms with van der Waals surface area (Å²) in [7, 11) is 0. The molecule has 2 nitrogen and oxygen atoms in total. The van der Waals surface area contributed by atoms with Gasteiger partial charge in [0.05, 0.1) is 6.61 Å². The zero-order valence-electron chi connectivity index (χ0n) is 6.46. The number of rotatable bonds is 3. The Kier molecular flexibility index (Phi) is 3.68. The fourth-order valence-electron chi connectivity index (χ4n) is 0.908. The lowest BCUT2D eigenvalue weighted by Gasteiger charge is -1.98. The van der Waals surface area contributed by atoms with Crippen molar-refractivity contribution in [3.63, 3.8) is 0 Å². The fraction of sp³-hybridized carbons (Fsp3) is 0.222. The lowest BCUT2D eigenvalue weighted by atomic mass is 10.1. The van der Waals surface area contributed by atoms with Crippen LogP contribution in [0.2, 0.25) is 0 Å². The van der Waals surface area contributed by atoms with Crippen LogP contribution in [0.1, 0.15) is 16.8 Å². The standard InChI is InChI=1S/C9H9IO2/c10-8-3-1-2-7(6-8)9(12)4-5-11/h1-3,6,11H,4-5H2. The molecule has 0 bridgehead atoms. The minimum atomic E-state index is -0.0791. The van der Waals surface area contributed by atoms with Crippen molar-refractivity contribution in [2.75, 3.05) is 6.61 Å². The molecule has 0 spiro atoms. The number of aliphatic hydroxyl groups is 1. The summed E-state index contributed by atoms with van der Waals surface area (Å²) in [5.41, 5.74) is 0.677.